The molecule has 9 rings (SSSR count). The molecule has 61 heavy (non-hydrogen) atoms. The van der Waals surface area contributed by atoms with Gasteiger partial charge in [0.05, 0.1) is 53.2 Å². The molecule has 0 bridgehead atoms. The second-order valence-electron chi connectivity index (χ2n) is 15.5. The molecule has 1 aromatic carbocycles. The Balaban J connectivity index is 0.732. The second kappa shape index (κ2) is 16.9. The zero-order valence-corrected chi connectivity index (χ0v) is 33.6. The number of rotatable bonds is 12. The van der Waals surface area contributed by atoms with E-state index in [2.05, 4.69) is 35.5 Å². The number of H-pyrrole nitrogens is 1. The fraction of sp³-hybridized carbons (Fsp3) is 0.318. The van der Waals surface area contributed by atoms with Crippen LogP contribution in [0.1, 0.15) is 59.7 Å². The van der Waals surface area contributed by atoms with E-state index < -0.39 is 11.7 Å². The number of nitrogens with one attached hydrogen (secondary N) is 2. The zero-order valence-electron chi connectivity index (χ0n) is 33.6. The lowest BCUT2D eigenvalue weighted by Gasteiger charge is -2.38. The minimum absolute atomic E-state index is 0.0656. The van der Waals surface area contributed by atoms with Crippen molar-refractivity contribution in [1.29, 1.82) is 0 Å². The van der Waals surface area contributed by atoms with Gasteiger partial charge in [-0.2, -0.15) is 5.10 Å². The van der Waals surface area contributed by atoms with Crippen molar-refractivity contribution in [2.45, 2.75) is 50.7 Å². The molecule has 17 nitrogen and oxygen atoms in total. The maximum absolute atomic E-state index is 13.5. The molecular formula is C44H45N11O6. The summed E-state index contributed by atoms with van der Waals surface area (Å²) in [5.41, 5.74) is 4.37. The molecule has 3 N–H and O–H groups in total. The fourth-order valence-electron chi connectivity index (χ4n) is 8.20. The summed E-state index contributed by atoms with van der Waals surface area (Å²) in [7, 11) is 0. The van der Waals surface area contributed by atoms with Crippen molar-refractivity contribution in [3.8, 4) is 22.8 Å². The highest BCUT2D eigenvalue weighted by Crippen LogP contribution is 2.29. The Bertz CT molecular complexity index is 2690. The summed E-state index contributed by atoms with van der Waals surface area (Å²) >= 11 is 0. The Morgan fingerprint density at radius 3 is 2.20 bits per heavy atom. The van der Waals surface area contributed by atoms with Crippen molar-refractivity contribution < 1.29 is 29.0 Å². The molecule has 312 valence electrons. The number of ether oxygens (including phenoxy) is 2. The van der Waals surface area contributed by atoms with Gasteiger partial charge in [0, 0.05) is 79.6 Å². The Morgan fingerprint density at radius 1 is 0.836 bits per heavy atom. The van der Waals surface area contributed by atoms with Crippen LogP contribution >= 0.6 is 0 Å². The summed E-state index contributed by atoms with van der Waals surface area (Å²) < 4.78 is 15.0. The number of hydrogen-bond donors (Lipinski definition) is 3. The largest absolute Gasteiger partial charge is 0.449 e. The Hall–Kier alpha value is -6.98. The number of likely N-dealkylation sites (tertiary alicyclic amines) is 2. The van der Waals surface area contributed by atoms with E-state index in [1.165, 1.54) is 12.5 Å². The monoisotopic (exact) mass is 823 g/mol. The van der Waals surface area contributed by atoms with E-state index in [0.29, 0.717) is 92.4 Å². The molecule has 0 saturated carbocycles. The number of carbonyl (C=O) groups excluding carboxylic acids is 3. The second-order valence-corrected chi connectivity index (χ2v) is 15.5. The Kier molecular flexibility index (Phi) is 11.0. The van der Waals surface area contributed by atoms with Gasteiger partial charge in [-0.05, 0) is 93.6 Å². The third-order valence-corrected chi connectivity index (χ3v) is 11.5. The van der Waals surface area contributed by atoms with Crippen LogP contribution in [0.2, 0.25) is 0 Å². The van der Waals surface area contributed by atoms with Gasteiger partial charge in [-0.3, -0.25) is 29.6 Å². The van der Waals surface area contributed by atoms with Crippen LogP contribution in [-0.2, 0) is 9.47 Å². The van der Waals surface area contributed by atoms with Gasteiger partial charge >= 0.3 is 6.09 Å². The highest BCUT2D eigenvalue weighted by atomic mass is 16.5. The van der Waals surface area contributed by atoms with Gasteiger partial charge in [0.25, 0.3) is 11.8 Å². The van der Waals surface area contributed by atoms with Crippen molar-refractivity contribution in [2.24, 2.45) is 0 Å². The molecule has 2 aliphatic rings. The number of aliphatic hydroxyl groups is 1. The normalized spacial score (nSPS) is 16.3. The highest BCUT2D eigenvalue weighted by Gasteiger charge is 2.34. The third kappa shape index (κ3) is 8.42. The zero-order chi connectivity index (χ0) is 41.9. The first kappa shape index (κ1) is 39.5. The number of pyridine rings is 3. The van der Waals surface area contributed by atoms with E-state index in [-0.39, 0.29) is 24.5 Å². The van der Waals surface area contributed by atoms with Crippen LogP contribution in [0.25, 0.3) is 44.8 Å². The SMILES string of the molecule is CCO[C@@H]1CCN(C(=O)c2cnc3c(ccn3-c3cncc(NC(=O)OCCCC4(O)CCN(C(=O)c5cnc6c(ccn6-c6ccc(-c7ncn[nH]7)cc6)c5)CC4)c3)c2)C1. The molecule has 8 heterocycles. The molecule has 0 radical (unpaired) electrons. The molecule has 7 aromatic rings. The molecule has 2 aliphatic heterocycles. The van der Waals surface area contributed by atoms with Gasteiger partial charge in [0.1, 0.15) is 17.6 Å². The van der Waals surface area contributed by atoms with E-state index in [1.54, 1.807) is 34.5 Å². The minimum Gasteiger partial charge on any atom is -0.449 e. The number of hydrogen-bond acceptors (Lipinski definition) is 11. The maximum atomic E-state index is 13.5. The maximum Gasteiger partial charge on any atom is 0.411 e. The summed E-state index contributed by atoms with van der Waals surface area (Å²) in [6.07, 6.45) is 13.6. The lowest BCUT2D eigenvalue weighted by Crippen LogP contribution is -2.46. The van der Waals surface area contributed by atoms with Crippen molar-refractivity contribution >= 4 is 45.7 Å². The number of piperidine rings is 1. The van der Waals surface area contributed by atoms with Crippen molar-refractivity contribution in [3.05, 3.63) is 109 Å². The third-order valence-electron chi connectivity index (χ3n) is 11.5. The number of benzene rings is 1. The van der Waals surface area contributed by atoms with E-state index >= 15 is 0 Å². The first-order valence-electron chi connectivity index (χ1n) is 20.5. The van der Waals surface area contributed by atoms with Crippen LogP contribution in [0.15, 0.2) is 98.1 Å². The molecular weight excluding hydrogens is 779 g/mol. The summed E-state index contributed by atoms with van der Waals surface area (Å²) in [5, 5.41) is 22.5. The first-order chi connectivity index (χ1) is 29.7. The predicted molar refractivity (Wildman–Crippen MR) is 226 cm³/mol. The molecule has 0 spiro atoms. The molecule has 0 aliphatic carbocycles. The lowest BCUT2D eigenvalue weighted by atomic mass is 9.87. The molecule has 0 unspecified atom stereocenters. The fourth-order valence-corrected chi connectivity index (χ4v) is 8.20. The molecule has 2 fully saturated rings. The molecule has 6 aromatic heterocycles. The van der Waals surface area contributed by atoms with E-state index in [9.17, 15) is 19.5 Å². The van der Waals surface area contributed by atoms with Crippen molar-refractivity contribution in [1.82, 2.24) is 49.1 Å². The van der Waals surface area contributed by atoms with Gasteiger partial charge in [-0.15, -0.1) is 0 Å². The summed E-state index contributed by atoms with van der Waals surface area (Å²) in [5.74, 6) is 0.494. The molecule has 2 saturated heterocycles. The average Bonchev–Trinajstić information content (AvgIpc) is 4.13. The number of anilines is 1. The number of aromatic amines is 1. The summed E-state index contributed by atoms with van der Waals surface area (Å²) in [4.78, 5) is 60.7. The van der Waals surface area contributed by atoms with Gasteiger partial charge in [-0.25, -0.2) is 19.7 Å². The van der Waals surface area contributed by atoms with E-state index in [1.807, 2.05) is 77.0 Å². The van der Waals surface area contributed by atoms with Gasteiger partial charge in [-0.1, -0.05) is 0 Å². The average molecular weight is 824 g/mol. The van der Waals surface area contributed by atoms with E-state index in [0.717, 1.165) is 34.1 Å². The minimum atomic E-state index is -0.972. The van der Waals surface area contributed by atoms with Crippen LogP contribution in [0.5, 0.6) is 0 Å². The number of aromatic nitrogens is 8. The van der Waals surface area contributed by atoms with Gasteiger partial charge < -0.3 is 28.9 Å². The van der Waals surface area contributed by atoms with Crippen LogP contribution in [0.4, 0.5) is 10.5 Å². The summed E-state index contributed by atoms with van der Waals surface area (Å²) in [6, 6.07) is 17.2. The predicted octanol–water partition coefficient (Wildman–Crippen LogP) is 5.79. The first-order valence-corrected chi connectivity index (χ1v) is 20.5. The number of amides is 3. The number of nitrogens with zero attached hydrogens (tertiary/aromatic N) is 9. The van der Waals surface area contributed by atoms with Crippen LogP contribution in [0, 0.1) is 0 Å². The van der Waals surface area contributed by atoms with Crippen LogP contribution < -0.4 is 5.32 Å². The number of fused-ring (bicyclic) bond motifs is 2. The van der Waals surface area contributed by atoms with E-state index in [4.69, 9.17) is 9.47 Å². The Labute approximate surface area is 350 Å². The van der Waals surface area contributed by atoms with Crippen LogP contribution in [0.3, 0.4) is 0 Å². The van der Waals surface area contributed by atoms with Crippen LogP contribution in [-0.4, -0.2) is 123 Å². The van der Waals surface area contributed by atoms with Gasteiger partial charge in [0.15, 0.2) is 5.82 Å². The van der Waals surface area contributed by atoms with Crippen molar-refractivity contribution in [2.75, 3.05) is 44.7 Å². The molecule has 17 heteroatoms. The lowest BCUT2D eigenvalue weighted by molar-refractivity contribution is -0.0270. The number of carbonyl (C=O) groups is 3. The quantitative estimate of drug-likeness (QED) is 0.126. The molecule has 3 amide bonds. The topological polar surface area (TPSA) is 199 Å². The molecule has 1 atom stereocenters. The summed E-state index contributed by atoms with van der Waals surface area (Å²) in [6.45, 7) is 4.71. The highest BCUT2D eigenvalue weighted by molar-refractivity contribution is 5.98. The van der Waals surface area contributed by atoms with Gasteiger partial charge in [0.2, 0.25) is 0 Å². The standard InChI is InChI=1S/C44H45N11O6/c1-2-60-37-10-14-53(27-37)42(57)33-21-31-9-16-55(40(31)47-24-33)36-22-34(25-45-26-36)50-43(58)61-19-3-11-44(59)12-17-52(18-13-44)41(56)32-20-30-8-15-54(39(30)46-23-32)35-6-4-29(5-7-35)38-48-28-49-51-38/h4-9,15-16,20-26,28,37,59H,2-3,10-14,17-19,27H2,1H3,(H,50,58)(H,48,49,51)/t37-/m1/s1. The Morgan fingerprint density at radius 2 is 1.52 bits per heavy atom. The smallest absolute Gasteiger partial charge is 0.411 e. The van der Waals surface area contributed by atoms with Crippen molar-refractivity contribution in [3.63, 3.8) is 0 Å².